The molecule has 1 aromatic heterocycles. The molecule has 6 unspecified atom stereocenters. The number of nitrogens with one attached hydrogen (secondary N) is 2. The molecule has 46 heavy (non-hydrogen) atoms. The van der Waals surface area contributed by atoms with Gasteiger partial charge in [0.25, 0.3) is 5.91 Å². The summed E-state index contributed by atoms with van der Waals surface area (Å²) in [6, 6.07) is 1.25. The molecule has 0 radical (unpaired) electrons. The van der Waals surface area contributed by atoms with E-state index >= 15 is 0 Å². The van der Waals surface area contributed by atoms with Gasteiger partial charge in [-0.2, -0.15) is 8.42 Å². The Hall–Kier alpha value is -3.58. The van der Waals surface area contributed by atoms with Crippen LogP contribution in [-0.4, -0.2) is 86.4 Å². The normalized spacial score (nSPS) is 23.8. The highest BCUT2D eigenvalue weighted by Gasteiger charge is 2.55. The lowest BCUT2D eigenvalue weighted by molar-refractivity contribution is -0.402. The predicted molar refractivity (Wildman–Crippen MR) is 158 cm³/mol. The summed E-state index contributed by atoms with van der Waals surface area (Å²) in [5.74, 6) is -3.59. The second-order valence-corrected chi connectivity index (χ2v) is 13.6. The van der Waals surface area contributed by atoms with Gasteiger partial charge >= 0.3 is 28.3 Å². The van der Waals surface area contributed by atoms with Crippen LogP contribution in [0.4, 0.5) is 10.7 Å². The van der Waals surface area contributed by atoms with Gasteiger partial charge < -0.3 is 33.4 Å². The van der Waals surface area contributed by atoms with Crippen molar-refractivity contribution < 1.29 is 60.0 Å². The van der Waals surface area contributed by atoms with Crippen molar-refractivity contribution in [1.29, 1.82) is 0 Å². The maximum Gasteiger partial charge on any atom is 0.433 e. The van der Waals surface area contributed by atoms with E-state index in [4.69, 9.17) is 32.3 Å². The van der Waals surface area contributed by atoms with Crippen LogP contribution in [0.3, 0.4) is 0 Å². The summed E-state index contributed by atoms with van der Waals surface area (Å²) in [6.07, 6.45) is -1.00. The lowest BCUT2D eigenvalue weighted by atomic mass is 9.99. The number of hydrogen-bond donors (Lipinski definition) is 2. The van der Waals surface area contributed by atoms with Gasteiger partial charge in [0.05, 0.1) is 25.4 Å². The number of hydrogen-bond acceptors (Lipinski definition) is 14. The number of nitrogens with zero attached hydrogens (tertiary/aromatic N) is 1. The second-order valence-electron chi connectivity index (χ2n) is 12.2. The topological polar surface area (TPSA) is 221 Å². The van der Waals surface area contributed by atoms with Gasteiger partial charge in [0.15, 0.2) is 5.79 Å². The average molecular weight is 676 g/mol. The fourth-order valence-electron chi connectivity index (χ4n) is 4.65. The molecule has 0 aliphatic carbocycles. The monoisotopic (exact) mass is 675 g/mol. The van der Waals surface area contributed by atoms with Crippen molar-refractivity contribution in [2.45, 2.75) is 103 Å². The molecule has 17 nitrogen and oxygen atoms in total. The smallest absolute Gasteiger partial charge is 0.433 e. The van der Waals surface area contributed by atoms with E-state index in [1.165, 1.54) is 12.1 Å². The average Bonchev–Trinajstić information content (AvgIpc) is 3.61. The molecule has 18 heteroatoms. The molecule has 6 atom stereocenters. The molecule has 0 saturated carbocycles. The fourth-order valence-corrected chi connectivity index (χ4v) is 5.40. The quantitative estimate of drug-likeness (QED) is 0.125. The van der Waals surface area contributed by atoms with Crippen molar-refractivity contribution in [2.24, 2.45) is 5.92 Å². The van der Waals surface area contributed by atoms with Crippen LogP contribution < -0.4 is 10.0 Å². The van der Waals surface area contributed by atoms with Crippen LogP contribution in [0.5, 0.6) is 0 Å². The summed E-state index contributed by atoms with van der Waals surface area (Å²) in [4.78, 5) is 47.3. The standard InChI is InChI=1S/C28H41N3O14S/c1-8-16(2)22(29-26(34)45-27(3,4)5)25(33)30-46(37,38)40-15-19-24-23(43-28(6,7)44-24)18(42-19)13-14-39-21(32)12-10-17-9-11-20(41-17)31(35)36/h9-12,16,18-19,22-24H,8,13-15H2,1-7H3,(H,29,34)(H,30,33). The first-order valence-corrected chi connectivity index (χ1v) is 16.0. The Balaban J connectivity index is 1.56. The molecule has 2 aliphatic heterocycles. The number of ether oxygens (including phenoxy) is 5. The third-order valence-electron chi connectivity index (χ3n) is 6.85. The molecule has 0 aromatic carbocycles. The largest absolute Gasteiger partial charge is 0.462 e. The third-order valence-corrected chi connectivity index (χ3v) is 7.75. The molecular formula is C28H41N3O14S. The molecule has 3 rings (SSSR count). The summed E-state index contributed by atoms with van der Waals surface area (Å²) in [7, 11) is -4.65. The Bertz CT molecular complexity index is 1400. The molecule has 2 N–H and O–H groups in total. The lowest BCUT2D eigenvalue weighted by Gasteiger charge is -2.26. The van der Waals surface area contributed by atoms with Crippen molar-refractivity contribution in [3.63, 3.8) is 0 Å². The molecular weight excluding hydrogens is 634 g/mol. The Morgan fingerprint density at radius 1 is 1.15 bits per heavy atom. The van der Waals surface area contributed by atoms with Crippen LogP contribution >= 0.6 is 0 Å². The first-order valence-electron chi connectivity index (χ1n) is 14.6. The molecule has 258 valence electrons. The molecule has 2 saturated heterocycles. The zero-order valence-corrected chi connectivity index (χ0v) is 27.5. The van der Waals surface area contributed by atoms with E-state index in [9.17, 15) is 32.9 Å². The van der Waals surface area contributed by atoms with Crippen LogP contribution in [0, 0.1) is 16.0 Å². The van der Waals surface area contributed by atoms with E-state index in [1.807, 2.05) is 4.72 Å². The summed E-state index contributed by atoms with van der Waals surface area (Å²) in [5, 5.41) is 13.1. The van der Waals surface area contributed by atoms with Gasteiger partial charge in [0, 0.05) is 12.5 Å². The summed E-state index contributed by atoms with van der Waals surface area (Å²) in [5.41, 5.74) is -0.834. The van der Waals surface area contributed by atoms with Crippen molar-refractivity contribution in [2.75, 3.05) is 13.2 Å². The predicted octanol–water partition coefficient (Wildman–Crippen LogP) is 2.74. The highest BCUT2D eigenvalue weighted by atomic mass is 32.2. The van der Waals surface area contributed by atoms with E-state index in [0.29, 0.717) is 6.42 Å². The van der Waals surface area contributed by atoms with Crippen molar-refractivity contribution >= 4 is 40.2 Å². The minimum Gasteiger partial charge on any atom is -0.462 e. The Kier molecular flexibility index (Phi) is 11.9. The van der Waals surface area contributed by atoms with E-state index in [0.717, 1.165) is 12.1 Å². The number of carbonyl (C=O) groups is 3. The molecule has 0 spiro atoms. The second kappa shape index (κ2) is 14.9. The van der Waals surface area contributed by atoms with Crippen LogP contribution in [0.25, 0.3) is 6.08 Å². The number of nitro groups is 1. The molecule has 2 fully saturated rings. The molecule has 0 bridgehead atoms. The zero-order valence-electron chi connectivity index (χ0n) is 26.7. The van der Waals surface area contributed by atoms with Crippen LogP contribution in [-0.2, 0) is 47.8 Å². The van der Waals surface area contributed by atoms with Crippen LogP contribution in [0.2, 0.25) is 0 Å². The van der Waals surface area contributed by atoms with Crippen molar-refractivity contribution in [1.82, 2.24) is 10.0 Å². The van der Waals surface area contributed by atoms with E-state index in [-0.39, 0.29) is 18.8 Å². The number of fused-ring (bicyclic) bond motifs is 1. The first kappa shape index (κ1) is 36.9. The Morgan fingerprint density at radius 2 is 1.80 bits per heavy atom. The van der Waals surface area contributed by atoms with Gasteiger partial charge in [0.2, 0.25) is 0 Å². The van der Waals surface area contributed by atoms with Gasteiger partial charge in [-0.15, -0.1) is 0 Å². The highest BCUT2D eigenvalue weighted by Crippen LogP contribution is 2.40. The molecule has 2 aliphatic rings. The van der Waals surface area contributed by atoms with Gasteiger partial charge in [-0.05, 0) is 52.7 Å². The molecule has 3 heterocycles. The van der Waals surface area contributed by atoms with E-state index < -0.39 is 93.5 Å². The maximum atomic E-state index is 12.9. The summed E-state index contributed by atoms with van der Waals surface area (Å²) in [6.45, 7) is 11.1. The highest BCUT2D eigenvalue weighted by molar-refractivity contribution is 7.85. The fraction of sp³-hybridized carbons (Fsp3) is 0.679. The molecule has 1 aromatic rings. The SMILES string of the molecule is CCC(C)C(NC(=O)OC(C)(C)C)C(=O)NS(=O)(=O)OCC1OC(CCOC(=O)C=Cc2ccc([N+](=O)[O-])o2)C2OC(C)(C)OC12. The van der Waals surface area contributed by atoms with Crippen molar-refractivity contribution in [3.8, 4) is 0 Å². The van der Waals surface area contributed by atoms with E-state index in [1.54, 1.807) is 48.5 Å². The van der Waals surface area contributed by atoms with Gasteiger partial charge in [-0.25, -0.2) is 14.3 Å². The van der Waals surface area contributed by atoms with Gasteiger partial charge in [-0.1, -0.05) is 20.3 Å². The maximum absolute atomic E-state index is 12.9. The lowest BCUT2D eigenvalue weighted by Crippen LogP contribution is -2.52. The minimum absolute atomic E-state index is 0.0908. The number of alkyl carbamates (subject to hydrolysis) is 1. The number of esters is 1. The molecule has 2 amide bonds. The third kappa shape index (κ3) is 10.8. The summed E-state index contributed by atoms with van der Waals surface area (Å²) >= 11 is 0. The summed E-state index contributed by atoms with van der Waals surface area (Å²) < 4.78 is 65.5. The van der Waals surface area contributed by atoms with E-state index in [2.05, 4.69) is 5.32 Å². The Labute approximate surface area is 266 Å². The minimum atomic E-state index is -4.65. The van der Waals surface area contributed by atoms with Gasteiger partial charge in [0.1, 0.15) is 40.6 Å². The number of carbonyl (C=O) groups excluding carboxylic acids is 3. The van der Waals surface area contributed by atoms with Crippen molar-refractivity contribution in [3.05, 3.63) is 34.1 Å². The number of rotatable bonds is 14. The Morgan fingerprint density at radius 3 is 2.39 bits per heavy atom. The zero-order chi connectivity index (χ0) is 34.4. The number of amides is 2. The van der Waals surface area contributed by atoms with Gasteiger partial charge in [-0.3, -0.25) is 19.1 Å². The van der Waals surface area contributed by atoms with Crippen LogP contribution in [0.1, 0.15) is 67.1 Å². The van der Waals surface area contributed by atoms with Crippen LogP contribution in [0.15, 0.2) is 22.6 Å². The first-order chi connectivity index (χ1) is 21.3. The number of furan rings is 1.